The number of benzene rings is 1. The van der Waals surface area contributed by atoms with E-state index in [1.807, 2.05) is 36.9 Å². The second-order valence-corrected chi connectivity index (χ2v) is 7.74. The first-order chi connectivity index (χ1) is 13.0. The highest BCUT2D eigenvalue weighted by atomic mass is 32.2. The Labute approximate surface area is 163 Å². The Hall–Kier alpha value is -2.28. The van der Waals surface area contributed by atoms with Gasteiger partial charge in [-0.3, -0.25) is 4.79 Å². The van der Waals surface area contributed by atoms with E-state index in [1.165, 1.54) is 11.8 Å². The molecule has 0 bridgehead atoms. The van der Waals surface area contributed by atoms with Crippen molar-refractivity contribution in [3.8, 4) is 0 Å². The summed E-state index contributed by atoms with van der Waals surface area (Å²) in [6.45, 7) is 4.42. The van der Waals surface area contributed by atoms with Gasteiger partial charge in [-0.05, 0) is 45.2 Å². The number of piperidine rings is 1. The summed E-state index contributed by atoms with van der Waals surface area (Å²) in [6, 6.07) is 9.30. The number of rotatable bonds is 6. The molecule has 2 heterocycles. The standard InChI is InChI=1S/C20H24N2O4S/c1-14-11-16(26-21-14)13-27-18-9-4-3-8-17(18)20(24)25-12-19(23)22-10-6-5-7-15(22)2/h3-4,8-9,11,15H,5-7,10,12-13H2,1-2H3. The smallest absolute Gasteiger partial charge is 0.339 e. The van der Waals surface area contributed by atoms with E-state index in [0.29, 0.717) is 11.3 Å². The molecule has 1 unspecified atom stereocenters. The lowest BCUT2D eigenvalue weighted by atomic mass is 10.0. The highest BCUT2D eigenvalue weighted by Gasteiger charge is 2.24. The number of likely N-dealkylation sites (tertiary alicyclic amines) is 1. The number of aromatic nitrogens is 1. The van der Waals surface area contributed by atoms with Gasteiger partial charge < -0.3 is 14.2 Å². The molecule has 1 fully saturated rings. The van der Waals surface area contributed by atoms with E-state index in [0.717, 1.165) is 42.2 Å². The van der Waals surface area contributed by atoms with Crippen LogP contribution in [0.2, 0.25) is 0 Å². The Morgan fingerprint density at radius 3 is 2.89 bits per heavy atom. The first-order valence-electron chi connectivity index (χ1n) is 9.15. The summed E-state index contributed by atoms with van der Waals surface area (Å²) in [4.78, 5) is 27.5. The maximum Gasteiger partial charge on any atom is 0.339 e. The molecule has 3 rings (SSSR count). The molecule has 7 heteroatoms. The summed E-state index contributed by atoms with van der Waals surface area (Å²) >= 11 is 1.47. The van der Waals surface area contributed by atoms with Gasteiger partial charge in [-0.25, -0.2) is 4.79 Å². The molecule has 1 aromatic heterocycles. The van der Waals surface area contributed by atoms with Crippen LogP contribution in [0.4, 0.5) is 0 Å². The molecule has 0 N–H and O–H groups in total. The number of carbonyl (C=O) groups is 2. The molecule has 2 aromatic rings. The van der Waals surface area contributed by atoms with Gasteiger partial charge in [-0.1, -0.05) is 17.3 Å². The number of hydrogen-bond donors (Lipinski definition) is 0. The molecule has 0 aliphatic carbocycles. The fourth-order valence-corrected chi connectivity index (χ4v) is 4.07. The van der Waals surface area contributed by atoms with Crippen molar-refractivity contribution in [3.63, 3.8) is 0 Å². The van der Waals surface area contributed by atoms with Crippen molar-refractivity contribution in [2.75, 3.05) is 13.2 Å². The molecule has 1 aliphatic heterocycles. The van der Waals surface area contributed by atoms with Crippen molar-refractivity contribution < 1.29 is 18.8 Å². The van der Waals surface area contributed by atoms with E-state index in [4.69, 9.17) is 9.26 Å². The highest BCUT2D eigenvalue weighted by Crippen LogP contribution is 2.27. The number of thioether (sulfide) groups is 1. The van der Waals surface area contributed by atoms with Gasteiger partial charge in [0.05, 0.1) is 17.0 Å². The van der Waals surface area contributed by atoms with Crippen LogP contribution in [0.1, 0.15) is 48.0 Å². The monoisotopic (exact) mass is 388 g/mol. The molecule has 1 saturated heterocycles. The molecule has 1 aliphatic rings. The van der Waals surface area contributed by atoms with Crippen molar-refractivity contribution in [1.29, 1.82) is 0 Å². The summed E-state index contributed by atoms with van der Waals surface area (Å²) in [7, 11) is 0. The SMILES string of the molecule is Cc1cc(CSc2ccccc2C(=O)OCC(=O)N2CCCCC2C)on1. The van der Waals surface area contributed by atoms with Crippen LogP contribution >= 0.6 is 11.8 Å². The maximum atomic E-state index is 12.5. The minimum absolute atomic E-state index is 0.127. The van der Waals surface area contributed by atoms with Gasteiger partial charge >= 0.3 is 5.97 Å². The van der Waals surface area contributed by atoms with E-state index in [2.05, 4.69) is 5.16 Å². The zero-order valence-corrected chi connectivity index (χ0v) is 16.5. The van der Waals surface area contributed by atoms with Gasteiger partial charge in [0.2, 0.25) is 0 Å². The first-order valence-corrected chi connectivity index (χ1v) is 10.1. The van der Waals surface area contributed by atoms with Crippen LogP contribution < -0.4 is 0 Å². The van der Waals surface area contributed by atoms with E-state index in [9.17, 15) is 9.59 Å². The van der Waals surface area contributed by atoms with Crippen LogP contribution in [0, 0.1) is 6.92 Å². The van der Waals surface area contributed by atoms with Crippen LogP contribution in [0.25, 0.3) is 0 Å². The van der Waals surface area contributed by atoms with Gasteiger partial charge in [0.1, 0.15) is 5.76 Å². The molecule has 1 atom stereocenters. The predicted octanol–water partition coefficient (Wildman–Crippen LogP) is 3.83. The summed E-state index contributed by atoms with van der Waals surface area (Å²) < 4.78 is 10.5. The molecule has 27 heavy (non-hydrogen) atoms. The number of aryl methyl sites for hydroxylation is 1. The fourth-order valence-electron chi connectivity index (χ4n) is 3.15. The van der Waals surface area contributed by atoms with Gasteiger partial charge in [0.15, 0.2) is 6.61 Å². The van der Waals surface area contributed by atoms with Crippen LogP contribution in [-0.4, -0.2) is 41.1 Å². The summed E-state index contributed by atoms with van der Waals surface area (Å²) in [6.07, 6.45) is 3.14. The van der Waals surface area contributed by atoms with Crippen LogP contribution in [0.5, 0.6) is 0 Å². The number of hydrogen-bond acceptors (Lipinski definition) is 6. The molecular weight excluding hydrogens is 364 g/mol. The summed E-state index contributed by atoms with van der Waals surface area (Å²) in [5, 5.41) is 3.86. The third kappa shape index (κ3) is 5.13. The zero-order chi connectivity index (χ0) is 19.2. The van der Waals surface area contributed by atoms with Gasteiger partial charge in [0, 0.05) is 23.5 Å². The summed E-state index contributed by atoms with van der Waals surface area (Å²) in [5.74, 6) is 0.702. The van der Waals surface area contributed by atoms with Crippen molar-refractivity contribution in [2.24, 2.45) is 0 Å². The lowest BCUT2D eigenvalue weighted by molar-refractivity contribution is -0.137. The number of esters is 1. The Kier molecular flexibility index (Phi) is 6.55. The Balaban J connectivity index is 1.58. The molecule has 6 nitrogen and oxygen atoms in total. The van der Waals surface area contributed by atoms with E-state index in [-0.39, 0.29) is 18.6 Å². The predicted molar refractivity (Wildman–Crippen MR) is 103 cm³/mol. The number of ether oxygens (including phenoxy) is 1. The van der Waals surface area contributed by atoms with Crippen molar-refractivity contribution in [3.05, 3.63) is 47.3 Å². The van der Waals surface area contributed by atoms with E-state index < -0.39 is 5.97 Å². The van der Waals surface area contributed by atoms with Crippen molar-refractivity contribution in [2.45, 2.75) is 49.8 Å². The zero-order valence-electron chi connectivity index (χ0n) is 15.6. The van der Waals surface area contributed by atoms with E-state index in [1.54, 1.807) is 12.1 Å². The Morgan fingerprint density at radius 1 is 1.33 bits per heavy atom. The largest absolute Gasteiger partial charge is 0.452 e. The third-order valence-corrected chi connectivity index (χ3v) is 5.70. The van der Waals surface area contributed by atoms with Gasteiger partial charge in [-0.15, -0.1) is 11.8 Å². The number of carbonyl (C=O) groups excluding carboxylic acids is 2. The molecule has 1 aromatic carbocycles. The Morgan fingerprint density at radius 2 is 2.15 bits per heavy atom. The van der Waals surface area contributed by atoms with Crippen LogP contribution in [-0.2, 0) is 15.3 Å². The van der Waals surface area contributed by atoms with E-state index >= 15 is 0 Å². The van der Waals surface area contributed by atoms with Crippen LogP contribution in [0.15, 0.2) is 39.8 Å². The molecular formula is C20H24N2O4S. The topological polar surface area (TPSA) is 72.6 Å². The second kappa shape index (κ2) is 9.08. The fraction of sp³-hybridized carbons (Fsp3) is 0.450. The Bertz CT molecular complexity index is 805. The number of nitrogens with zero attached hydrogens (tertiary/aromatic N) is 2. The average molecular weight is 388 g/mol. The quantitative estimate of drug-likeness (QED) is 0.553. The van der Waals surface area contributed by atoms with Crippen molar-refractivity contribution in [1.82, 2.24) is 10.1 Å². The maximum absolute atomic E-state index is 12.5. The molecule has 144 valence electrons. The lowest BCUT2D eigenvalue weighted by Gasteiger charge is -2.33. The normalized spacial score (nSPS) is 17.0. The summed E-state index contributed by atoms with van der Waals surface area (Å²) in [5.41, 5.74) is 1.28. The van der Waals surface area contributed by atoms with Crippen molar-refractivity contribution >= 4 is 23.6 Å². The highest BCUT2D eigenvalue weighted by molar-refractivity contribution is 7.98. The number of amides is 1. The molecule has 0 spiro atoms. The molecule has 0 saturated carbocycles. The molecule has 1 amide bonds. The minimum atomic E-state index is -0.482. The second-order valence-electron chi connectivity index (χ2n) is 6.73. The van der Waals surface area contributed by atoms with Gasteiger partial charge in [0.25, 0.3) is 5.91 Å². The third-order valence-electron chi connectivity index (χ3n) is 4.60. The average Bonchev–Trinajstić information content (AvgIpc) is 3.10. The van der Waals surface area contributed by atoms with Crippen LogP contribution in [0.3, 0.4) is 0 Å². The minimum Gasteiger partial charge on any atom is -0.452 e. The molecule has 0 radical (unpaired) electrons. The van der Waals surface area contributed by atoms with Gasteiger partial charge in [-0.2, -0.15) is 0 Å². The first kappa shape index (κ1) is 19.5. The lowest BCUT2D eigenvalue weighted by Crippen LogP contribution is -2.44.